The SMILES string of the molecule is CSC(=O)CC1CCCCCCCCC1. The van der Waals surface area contributed by atoms with Gasteiger partial charge in [0.15, 0.2) is 5.12 Å². The maximum atomic E-state index is 11.4. The first-order chi connectivity index (χ1) is 7.33. The van der Waals surface area contributed by atoms with Crippen molar-refractivity contribution in [1.82, 2.24) is 0 Å². The van der Waals surface area contributed by atoms with E-state index in [0.717, 1.165) is 6.42 Å². The molecule has 0 aromatic rings. The fraction of sp³-hybridized carbons (Fsp3) is 0.923. The van der Waals surface area contributed by atoms with Crippen LogP contribution in [0.2, 0.25) is 0 Å². The summed E-state index contributed by atoms with van der Waals surface area (Å²) < 4.78 is 0. The first-order valence-electron chi connectivity index (χ1n) is 6.39. The second-order valence-corrected chi connectivity index (χ2v) is 5.56. The lowest BCUT2D eigenvalue weighted by atomic mass is 9.90. The molecule has 2 heteroatoms. The van der Waals surface area contributed by atoms with E-state index < -0.39 is 0 Å². The molecule has 88 valence electrons. The van der Waals surface area contributed by atoms with E-state index in [1.807, 2.05) is 6.26 Å². The Morgan fingerprint density at radius 2 is 1.47 bits per heavy atom. The van der Waals surface area contributed by atoms with Crippen molar-refractivity contribution in [3.63, 3.8) is 0 Å². The van der Waals surface area contributed by atoms with Crippen molar-refractivity contribution >= 4 is 16.9 Å². The lowest BCUT2D eigenvalue weighted by molar-refractivity contribution is -0.111. The van der Waals surface area contributed by atoms with Crippen molar-refractivity contribution in [2.75, 3.05) is 6.26 Å². The summed E-state index contributed by atoms with van der Waals surface area (Å²) in [5, 5.41) is 0.386. The molecule has 1 aliphatic carbocycles. The van der Waals surface area contributed by atoms with Gasteiger partial charge in [0, 0.05) is 6.42 Å². The van der Waals surface area contributed by atoms with Gasteiger partial charge in [-0.05, 0) is 25.0 Å². The molecule has 0 amide bonds. The molecule has 0 unspecified atom stereocenters. The predicted molar refractivity (Wildman–Crippen MR) is 68.2 cm³/mol. The van der Waals surface area contributed by atoms with Crippen LogP contribution in [-0.2, 0) is 4.79 Å². The fourth-order valence-electron chi connectivity index (χ4n) is 2.42. The van der Waals surface area contributed by atoms with E-state index in [9.17, 15) is 4.79 Å². The van der Waals surface area contributed by atoms with Gasteiger partial charge in [0.25, 0.3) is 0 Å². The van der Waals surface area contributed by atoms with Gasteiger partial charge in [-0.15, -0.1) is 0 Å². The van der Waals surface area contributed by atoms with E-state index in [1.165, 1.54) is 69.5 Å². The number of rotatable bonds is 2. The summed E-state index contributed by atoms with van der Waals surface area (Å²) in [5.74, 6) is 0.683. The largest absolute Gasteiger partial charge is 0.287 e. The van der Waals surface area contributed by atoms with Crippen LogP contribution in [0.25, 0.3) is 0 Å². The van der Waals surface area contributed by atoms with Crippen molar-refractivity contribution in [2.24, 2.45) is 5.92 Å². The van der Waals surface area contributed by atoms with E-state index in [0.29, 0.717) is 11.0 Å². The molecule has 1 fully saturated rings. The predicted octanol–water partition coefficient (Wildman–Crippen LogP) is 4.41. The summed E-state index contributed by atoms with van der Waals surface area (Å²) in [4.78, 5) is 11.4. The Morgan fingerprint density at radius 3 is 1.93 bits per heavy atom. The van der Waals surface area contributed by atoms with Crippen LogP contribution in [0.1, 0.15) is 64.2 Å². The Balaban J connectivity index is 2.28. The molecule has 0 spiro atoms. The number of hydrogen-bond acceptors (Lipinski definition) is 2. The Morgan fingerprint density at radius 1 is 1.00 bits per heavy atom. The van der Waals surface area contributed by atoms with Crippen LogP contribution in [0.4, 0.5) is 0 Å². The molecule has 0 atom stereocenters. The first kappa shape index (κ1) is 13.1. The van der Waals surface area contributed by atoms with Crippen LogP contribution in [0, 0.1) is 5.92 Å². The fourth-order valence-corrected chi connectivity index (χ4v) is 2.82. The maximum absolute atomic E-state index is 11.4. The van der Waals surface area contributed by atoms with Gasteiger partial charge in [-0.2, -0.15) is 0 Å². The number of carbonyl (C=O) groups is 1. The molecule has 0 radical (unpaired) electrons. The van der Waals surface area contributed by atoms with E-state index in [1.54, 1.807) is 0 Å². The summed E-state index contributed by atoms with van der Waals surface area (Å²) in [5.41, 5.74) is 0. The zero-order chi connectivity index (χ0) is 10.9. The van der Waals surface area contributed by atoms with E-state index in [-0.39, 0.29) is 0 Å². The minimum absolute atomic E-state index is 0.386. The zero-order valence-corrected chi connectivity index (χ0v) is 10.8. The van der Waals surface area contributed by atoms with Crippen LogP contribution in [0.5, 0.6) is 0 Å². The lowest BCUT2D eigenvalue weighted by Gasteiger charge is -2.17. The van der Waals surface area contributed by atoms with Crippen molar-refractivity contribution < 1.29 is 4.79 Å². The van der Waals surface area contributed by atoms with Gasteiger partial charge in [0.05, 0.1) is 0 Å². The second kappa shape index (κ2) is 8.20. The van der Waals surface area contributed by atoms with E-state index in [2.05, 4.69) is 0 Å². The van der Waals surface area contributed by atoms with Gasteiger partial charge in [0.1, 0.15) is 0 Å². The number of carbonyl (C=O) groups excluding carboxylic acids is 1. The van der Waals surface area contributed by atoms with Crippen LogP contribution in [0.15, 0.2) is 0 Å². The van der Waals surface area contributed by atoms with Gasteiger partial charge in [-0.25, -0.2) is 0 Å². The molecule has 0 aliphatic heterocycles. The molecule has 1 nitrogen and oxygen atoms in total. The van der Waals surface area contributed by atoms with Crippen molar-refractivity contribution in [1.29, 1.82) is 0 Å². The van der Waals surface area contributed by atoms with Crippen molar-refractivity contribution in [3.8, 4) is 0 Å². The summed E-state index contributed by atoms with van der Waals surface area (Å²) in [6.07, 6.45) is 15.0. The highest BCUT2D eigenvalue weighted by Gasteiger charge is 2.13. The van der Waals surface area contributed by atoms with Crippen molar-refractivity contribution in [2.45, 2.75) is 64.2 Å². The molecule has 0 aromatic heterocycles. The Labute approximate surface area is 98.4 Å². The third-order valence-corrected chi connectivity index (χ3v) is 4.03. The molecule has 15 heavy (non-hydrogen) atoms. The smallest absolute Gasteiger partial charge is 0.188 e. The average Bonchev–Trinajstić information content (AvgIpc) is 2.27. The maximum Gasteiger partial charge on any atom is 0.188 e. The molecule has 0 N–H and O–H groups in total. The van der Waals surface area contributed by atoms with E-state index in [4.69, 9.17) is 0 Å². The Hall–Kier alpha value is 0.0200. The van der Waals surface area contributed by atoms with Crippen LogP contribution >= 0.6 is 11.8 Å². The zero-order valence-electron chi connectivity index (χ0n) is 9.96. The molecule has 0 aromatic carbocycles. The highest BCUT2D eigenvalue weighted by atomic mass is 32.2. The third kappa shape index (κ3) is 6.24. The number of thioether (sulfide) groups is 1. The standard InChI is InChI=1S/C13H24OS/c1-15-13(14)11-12-9-7-5-3-2-4-6-8-10-12/h12H,2-11H2,1H3. The molecule has 1 aliphatic rings. The molecule has 0 bridgehead atoms. The third-order valence-electron chi connectivity index (χ3n) is 3.41. The minimum atomic E-state index is 0.386. The second-order valence-electron chi connectivity index (χ2n) is 4.70. The normalized spacial score (nSPS) is 21.1. The molecule has 0 saturated heterocycles. The molecular weight excluding hydrogens is 204 g/mol. The summed E-state index contributed by atoms with van der Waals surface area (Å²) in [6.45, 7) is 0. The minimum Gasteiger partial charge on any atom is -0.287 e. The van der Waals surface area contributed by atoms with Crippen LogP contribution in [0.3, 0.4) is 0 Å². The summed E-state index contributed by atoms with van der Waals surface area (Å²) in [6, 6.07) is 0. The summed E-state index contributed by atoms with van der Waals surface area (Å²) in [7, 11) is 0. The van der Waals surface area contributed by atoms with Crippen molar-refractivity contribution in [3.05, 3.63) is 0 Å². The van der Waals surface area contributed by atoms with Gasteiger partial charge in [-0.1, -0.05) is 56.7 Å². The highest BCUT2D eigenvalue weighted by molar-refractivity contribution is 8.13. The quantitative estimate of drug-likeness (QED) is 0.696. The van der Waals surface area contributed by atoms with Crippen LogP contribution in [-0.4, -0.2) is 11.4 Å². The van der Waals surface area contributed by atoms with Gasteiger partial charge in [-0.3, -0.25) is 4.79 Å². The van der Waals surface area contributed by atoms with E-state index >= 15 is 0 Å². The summed E-state index contributed by atoms with van der Waals surface area (Å²) >= 11 is 1.40. The topological polar surface area (TPSA) is 17.1 Å². The van der Waals surface area contributed by atoms with Gasteiger partial charge in [0.2, 0.25) is 0 Å². The number of hydrogen-bond donors (Lipinski definition) is 0. The lowest BCUT2D eigenvalue weighted by Crippen LogP contribution is -2.07. The Kier molecular flexibility index (Phi) is 7.16. The molecular formula is C13H24OS. The molecule has 1 saturated carbocycles. The monoisotopic (exact) mass is 228 g/mol. The van der Waals surface area contributed by atoms with Gasteiger partial charge >= 0.3 is 0 Å². The molecule has 1 rings (SSSR count). The van der Waals surface area contributed by atoms with Crippen LogP contribution < -0.4 is 0 Å². The first-order valence-corrected chi connectivity index (χ1v) is 7.62. The van der Waals surface area contributed by atoms with Gasteiger partial charge < -0.3 is 0 Å². The molecule has 0 heterocycles. The average molecular weight is 228 g/mol. The Bertz CT molecular complexity index is 169. The highest BCUT2D eigenvalue weighted by Crippen LogP contribution is 2.25.